The number of aromatic carboxylic acids is 1. The number of hydrogen-bond acceptors (Lipinski definition) is 2. The number of carboxylic acids is 1. The van der Waals surface area contributed by atoms with Crippen LogP contribution < -0.4 is 0 Å². The first-order valence-electron chi connectivity index (χ1n) is 10.2. The highest BCUT2D eigenvalue weighted by Crippen LogP contribution is 2.32. The third-order valence-corrected chi connectivity index (χ3v) is 5.82. The fourth-order valence-electron chi connectivity index (χ4n) is 4.00. The number of carbonyl (C=O) groups excluding carboxylic acids is 1. The molecule has 1 N–H and O–H groups in total. The maximum absolute atomic E-state index is 13.6. The number of aromatic nitrogens is 1. The SMILES string of the molecule is CCCc1c(C(=O)c2ccccc2)c2ccc(C(=O)O)cc2n1Cc1ccccc1Cl. The fraction of sp³-hybridized carbons (Fsp3) is 0.154. The second-order valence-electron chi connectivity index (χ2n) is 7.48. The van der Waals surface area contributed by atoms with E-state index >= 15 is 0 Å². The number of halogens is 1. The van der Waals surface area contributed by atoms with Crippen LogP contribution in [0.1, 0.15) is 50.9 Å². The number of fused-ring (bicyclic) bond motifs is 1. The zero-order valence-electron chi connectivity index (χ0n) is 17.1. The van der Waals surface area contributed by atoms with Gasteiger partial charge in [-0.05, 0) is 30.2 Å². The zero-order valence-corrected chi connectivity index (χ0v) is 17.9. The molecule has 156 valence electrons. The second-order valence-corrected chi connectivity index (χ2v) is 7.89. The van der Waals surface area contributed by atoms with Crippen LogP contribution in [-0.4, -0.2) is 21.4 Å². The molecule has 0 amide bonds. The average molecular weight is 432 g/mol. The van der Waals surface area contributed by atoms with E-state index in [0.717, 1.165) is 28.6 Å². The average Bonchev–Trinajstić information content (AvgIpc) is 3.08. The van der Waals surface area contributed by atoms with Crippen LogP contribution in [0.3, 0.4) is 0 Å². The molecule has 0 bridgehead atoms. The molecule has 0 atom stereocenters. The minimum Gasteiger partial charge on any atom is -0.478 e. The van der Waals surface area contributed by atoms with Crippen molar-refractivity contribution in [1.29, 1.82) is 0 Å². The number of benzene rings is 3. The minimum absolute atomic E-state index is 0.0602. The number of carboxylic acid groups (broad SMARTS) is 1. The van der Waals surface area contributed by atoms with Gasteiger partial charge in [0.1, 0.15) is 0 Å². The van der Waals surface area contributed by atoms with Gasteiger partial charge in [0.05, 0.1) is 16.6 Å². The lowest BCUT2D eigenvalue weighted by molar-refractivity contribution is 0.0697. The third kappa shape index (κ3) is 3.99. The van der Waals surface area contributed by atoms with Gasteiger partial charge in [0.15, 0.2) is 5.78 Å². The van der Waals surface area contributed by atoms with Crippen molar-refractivity contribution in [3.8, 4) is 0 Å². The number of hydrogen-bond donors (Lipinski definition) is 1. The molecule has 0 aliphatic carbocycles. The lowest BCUT2D eigenvalue weighted by Crippen LogP contribution is -2.10. The van der Waals surface area contributed by atoms with E-state index in [1.54, 1.807) is 30.3 Å². The Hall–Kier alpha value is -3.37. The van der Waals surface area contributed by atoms with Crippen molar-refractivity contribution in [2.75, 3.05) is 0 Å². The van der Waals surface area contributed by atoms with Gasteiger partial charge in [-0.3, -0.25) is 4.79 Å². The van der Waals surface area contributed by atoms with Crippen molar-refractivity contribution in [3.05, 3.63) is 106 Å². The van der Waals surface area contributed by atoms with E-state index in [1.807, 2.05) is 47.0 Å². The Kier molecular flexibility index (Phi) is 5.92. The standard InChI is InChI=1S/C26H22ClNO3/c1-2-8-22-24(25(29)17-9-4-3-5-10-17)20-14-13-18(26(30)31)15-23(20)28(22)16-19-11-6-7-12-21(19)27/h3-7,9-15H,2,8,16H2,1H3,(H,30,31). The summed E-state index contributed by atoms with van der Waals surface area (Å²) < 4.78 is 2.04. The lowest BCUT2D eigenvalue weighted by Gasteiger charge is -2.13. The smallest absolute Gasteiger partial charge is 0.335 e. The van der Waals surface area contributed by atoms with E-state index in [2.05, 4.69) is 6.92 Å². The molecule has 4 nitrogen and oxygen atoms in total. The largest absolute Gasteiger partial charge is 0.478 e. The summed E-state index contributed by atoms with van der Waals surface area (Å²) in [6, 6.07) is 21.7. The van der Waals surface area contributed by atoms with Gasteiger partial charge in [0.25, 0.3) is 0 Å². The van der Waals surface area contributed by atoms with Crippen LogP contribution in [0, 0.1) is 0 Å². The van der Waals surface area contributed by atoms with Crippen molar-refractivity contribution in [1.82, 2.24) is 4.57 Å². The monoisotopic (exact) mass is 431 g/mol. The normalized spacial score (nSPS) is 11.0. The molecule has 0 aliphatic heterocycles. The van der Waals surface area contributed by atoms with Gasteiger partial charge in [0, 0.05) is 28.2 Å². The first-order valence-corrected chi connectivity index (χ1v) is 10.6. The molecular formula is C26H22ClNO3. The van der Waals surface area contributed by atoms with Crippen LogP contribution in [0.25, 0.3) is 10.9 Å². The Morgan fingerprint density at radius 1 is 0.935 bits per heavy atom. The number of rotatable bonds is 7. The third-order valence-electron chi connectivity index (χ3n) is 5.46. The predicted molar refractivity (Wildman–Crippen MR) is 123 cm³/mol. The first-order chi connectivity index (χ1) is 15.0. The van der Waals surface area contributed by atoms with E-state index in [9.17, 15) is 14.7 Å². The predicted octanol–water partition coefficient (Wildman–Crippen LogP) is 6.22. The highest BCUT2D eigenvalue weighted by atomic mass is 35.5. The van der Waals surface area contributed by atoms with Gasteiger partial charge in [-0.15, -0.1) is 0 Å². The number of carbonyl (C=O) groups is 2. The molecule has 3 aromatic carbocycles. The molecular weight excluding hydrogens is 410 g/mol. The van der Waals surface area contributed by atoms with Crippen LogP contribution in [0.15, 0.2) is 72.8 Å². The summed E-state index contributed by atoms with van der Waals surface area (Å²) in [5.74, 6) is -1.06. The Balaban J connectivity index is 2.00. The molecule has 4 rings (SSSR count). The highest BCUT2D eigenvalue weighted by Gasteiger charge is 2.24. The first kappa shape index (κ1) is 20.9. The van der Waals surface area contributed by atoms with Crippen LogP contribution in [0.4, 0.5) is 0 Å². The van der Waals surface area contributed by atoms with Gasteiger partial charge in [-0.1, -0.05) is 79.5 Å². The van der Waals surface area contributed by atoms with Crippen molar-refractivity contribution < 1.29 is 14.7 Å². The Morgan fingerprint density at radius 3 is 2.32 bits per heavy atom. The van der Waals surface area contributed by atoms with E-state index in [0.29, 0.717) is 29.1 Å². The summed E-state index contributed by atoms with van der Waals surface area (Å²) in [5.41, 5.74) is 3.97. The van der Waals surface area contributed by atoms with Crippen LogP contribution in [-0.2, 0) is 13.0 Å². The van der Waals surface area contributed by atoms with Crippen LogP contribution in [0.2, 0.25) is 5.02 Å². The highest BCUT2D eigenvalue weighted by molar-refractivity contribution is 6.31. The maximum Gasteiger partial charge on any atom is 0.335 e. The quantitative estimate of drug-likeness (QED) is 0.353. The van der Waals surface area contributed by atoms with Crippen molar-refractivity contribution in [3.63, 3.8) is 0 Å². The molecule has 0 radical (unpaired) electrons. The number of ketones is 1. The summed E-state index contributed by atoms with van der Waals surface area (Å²) in [6.07, 6.45) is 1.54. The molecule has 0 unspecified atom stereocenters. The van der Waals surface area contributed by atoms with E-state index in [1.165, 1.54) is 0 Å². The van der Waals surface area contributed by atoms with E-state index in [-0.39, 0.29) is 11.3 Å². The molecule has 5 heteroatoms. The summed E-state index contributed by atoms with van der Waals surface area (Å²) in [5, 5.41) is 10.9. The molecule has 31 heavy (non-hydrogen) atoms. The molecule has 0 fully saturated rings. The van der Waals surface area contributed by atoms with Gasteiger partial charge in [0.2, 0.25) is 0 Å². The molecule has 1 aromatic heterocycles. The van der Waals surface area contributed by atoms with E-state index < -0.39 is 5.97 Å². The maximum atomic E-state index is 13.6. The lowest BCUT2D eigenvalue weighted by atomic mass is 9.98. The topological polar surface area (TPSA) is 59.3 Å². The van der Waals surface area contributed by atoms with Crippen LogP contribution >= 0.6 is 11.6 Å². The molecule has 0 saturated heterocycles. The molecule has 0 saturated carbocycles. The Bertz CT molecular complexity index is 1270. The van der Waals surface area contributed by atoms with Gasteiger partial charge in [-0.25, -0.2) is 4.79 Å². The zero-order chi connectivity index (χ0) is 22.0. The summed E-state index contributed by atoms with van der Waals surface area (Å²) in [6.45, 7) is 2.52. The second kappa shape index (κ2) is 8.78. The number of nitrogens with zero attached hydrogens (tertiary/aromatic N) is 1. The summed E-state index contributed by atoms with van der Waals surface area (Å²) in [4.78, 5) is 25.2. The minimum atomic E-state index is -1.000. The Labute approximate surface area is 185 Å². The van der Waals surface area contributed by atoms with Crippen molar-refractivity contribution in [2.24, 2.45) is 0 Å². The van der Waals surface area contributed by atoms with Gasteiger partial charge < -0.3 is 9.67 Å². The van der Waals surface area contributed by atoms with Crippen molar-refractivity contribution in [2.45, 2.75) is 26.3 Å². The van der Waals surface area contributed by atoms with Crippen LogP contribution in [0.5, 0.6) is 0 Å². The molecule has 1 heterocycles. The fourth-order valence-corrected chi connectivity index (χ4v) is 4.19. The van der Waals surface area contributed by atoms with Crippen molar-refractivity contribution >= 4 is 34.3 Å². The summed E-state index contributed by atoms with van der Waals surface area (Å²) in [7, 11) is 0. The molecule has 0 spiro atoms. The molecule has 4 aromatic rings. The van der Waals surface area contributed by atoms with Gasteiger partial charge >= 0.3 is 5.97 Å². The molecule has 0 aliphatic rings. The Morgan fingerprint density at radius 2 is 1.65 bits per heavy atom. The summed E-state index contributed by atoms with van der Waals surface area (Å²) >= 11 is 6.43. The van der Waals surface area contributed by atoms with E-state index in [4.69, 9.17) is 11.6 Å². The van der Waals surface area contributed by atoms with Gasteiger partial charge in [-0.2, -0.15) is 0 Å².